The Balaban J connectivity index is 4.33. The Bertz CT molecular complexity index is 167. The molecular formula is C10H17F3. The first kappa shape index (κ1) is 12.5. The predicted octanol–water partition coefficient (Wildman–Crippen LogP) is 4.32. The molecule has 0 nitrogen and oxygen atoms in total. The molecule has 0 radical (unpaired) electrons. The third kappa shape index (κ3) is 4.96. The summed E-state index contributed by atoms with van der Waals surface area (Å²) in [5.41, 5.74) is -0.465. The number of halogens is 3. The zero-order chi connectivity index (χ0) is 10.5. The summed E-state index contributed by atoms with van der Waals surface area (Å²) >= 11 is 0. The molecule has 0 aromatic rings. The van der Waals surface area contributed by atoms with E-state index in [0.29, 0.717) is 0 Å². The minimum atomic E-state index is -4.15. The van der Waals surface area contributed by atoms with Crippen molar-refractivity contribution in [3.05, 3.63) is 11.6 Å². The molecule has 3 heteroatoms. The van der Waals surface area contributed by atoms with Crippen molar-refractivity contribution < 1.29 is 13.2 Å². The topological polar surface area (TPSA) is 0 Å². The lowest BCUT2D eigenvalue weighted by molar-refractivity contribution is -0.0918. The average Bonchev–Trinajstić information content (AvgIpc) is 2.01. The van der Waals surface area contributed by atoms with Gasteiger partial charge in [-0.2, -0.15) is 13.2 Å². The van der Waals surface area contributed by atoms with Crippen molar-refractivity contribution >= 4 is 0 Å². The van der Waals surface area contributed by atoms with Crippen LogP contribution in [0.2, 0.25) is 0 Å². The molecule has 0 aromatic carbocycles. The van der Waals surface area contributed by atoms with Gasteiger partial charge < -0.3 is 0 Å². The van der Waals surface area contributed by atoms with Gasteiger partial charge in [-0.1, -0.05) is 26.3 Å². The minimum Gasteiger partial charge on any atom is -0.167 e. The van der Waals surface area contributed by atoms with Crippen LogP contribution in [0.5, 0.6) is 0 Å². The SMILES string of the molecule is CCCC(/C=C(\C)C(F)(F)F)CC. The lowest BCUT2D eigenvalue weighted by Gasteiger charge is -2.12. The molecule has 0 aliphatic carbocycles. The molecule has 0 bridgehead atoms. The second-order valence-corrected chi connectivity index (χ2v) is 3.30. The van der Waals surface area contributed by atoms with Gasteiger partial charge in [0.15, 0.2) is 0 Å². The van der Waals surface area contributed by atoms with Gasteiger partial charge in [-0.25, -0.2) is 0 Å². The van der Waals surface area contributed by atoms with Crippen LogP contribution in [0.4, 0.5) is 13.2 Å². The molecule has 0 saturated heterocycles. The van der Waals surface area contributed by atoms with E-state index in [1.54, 1.807) is 0 Å². The van der Waals surface area contributed by atoms with Gasteiger partial charge in [0.2, 0.25) is 0 Å². The second-order valence-electron chi connectivity index (χ2n) is 3.30. The maximum absolute atomic E-state index is 12.1. The van der Waals surface area contributed by atoms with Crippen molar-refractivity contribution in [1.29, 1.82) is 0 Å². The lowest BCUT2D eigenvalue weighted by atomic mass is 9.98. The molecule has 0 saturated carbocycles. The Labute approximate surface area is 77.8 Å². The fraction of sp³-hybridized carbons (Fsp3) is 0.800. The monoisotopic (exact) mass is 194 g/mol. The van der Waals surface area contributed by atoms with E-state index < -0.39 is 11.7 Å². The number of hydrogen-bond acceptors (Lipinski definition) is 0. The van der Waals surface area contributed by atoms with Crippen molar-refractivity contribution in [1.82, 2.24) is 0 Å². The third-order valence-electron chi connectivity index (χ3n) is 2.12. The summed E-state index contributed by atoms with van der Waals surface area (Å²) in [5.74, 6) is 0.0756. The summed E-state index contributed by atoms with van der Waals surface area (Å²) in [6.45, 7) is 5.04. The summed E-state index contributed by atoms with van der Waals surface area (Å²) in [4.78, 5) is 0. The van der Waals surface area contributed by atoms with Crippen LogP contribution in [-0.2, 0) is 0 Å². The zero-order valence-electron chi connectivity index (χ0n) is 8.41. The van der Waals surface area contributed by atoms with Gasteiger partial charge >= 0.3 is 6.18 Å². The minimum absolute atomic E-state index is 0.0756. The van der Waals surface area contributed by atoms with Gasteiger partial charge in [-0.3, -0.25) is 0 Å². The predicted molar refractivity (Wildman–Crippen MR) is 48.5 cm³/mol. The van der Waals surface area contributed by atoms with Gasteiger partial charge in [0.05, 0.1) is 0 Å². The van der Waals surface area contributed by atoms with Crippen LogP contribution in [0.3, 0.4) is 0 Å². The second kappa shape index (κ2) is 5.30. The van der Waals surface area contributed by atoms with Crippen molar-refractivity contribution in [2.24, 2.45) is 5.92 Å². The van der Waals surface area contributed by atoms with E-state index in [-0.39, 0.29) is 5.92 Å². The molecule has 0 aliphatic heterocycles. The van der Waals surface area contributed by atoms with Crippen LogP contribution in [-0.4, -0.2) is 6.18 Å². The molecule has 1 atom stereocenters. The Hall–Kier alpha value is -0.470. The summed E-state index contributed by atoms with van der Waals surface area (Å²) in [6.07, 6.45) is -0.254. The highest BCUT2D eigenvalue weighted by Crippen LogP contribution is 2.27. The third-order valence-corrected chi connectivity index (χ3v) is 2.12. The summed E-state index contributed by atoms with van der Waals surface area (Å²) in [6, 6.07) is 0. The number of rotatable bonds is 4. The van der Waals surface area contributed by atoms with E-state index in [2.05, 4.69) is 0 Å². The highest BCUT2D eigenvalue weighted by atomic mass is 19.4. The summed E-state index contributed by atoms with van der Waals surface area (Å²) < 4.78 is 36.4. The molecule has 0 aliphatic rings. The maximum Gasteiger partial charge on any atom is 0.412 e. The van der Waals surface area contributed by atoms with Crippen LogP contribution < -0.4 is 0 Å². The van der Waals surface area contributed by atoms with Crippen LogP contribution in [0, 0.1) is 5.92 Å². The molecular weight excluding hydrogens is 177 g/mol. The molecule has 0 rings (SSSR count). The highest BCUT2D eigenvalue weighted by Gasteiger charge is 2.30. The van der Waals surface area contributed by atoms with Crippen LogP contribution in [0.25, 0.3) is 0 Å². The zero-order valence-corrected chi connectivity index (χ0v) is 8.41. The molecule has 0 aromatic heterocycles. The molecule has 0 spiro atoms. The molecule has 13 heavy (non-hydrogen) atoms. The number of allylic oxidation sites excluding steroid dienone is 2. The van der Waals surface area contributed by atoms with E-state index >= 15 is 0 Å². The molecule has 0 fully saturated rings. The van der Waals surface area contributed by atoms with Crippen LogP contribution in [0.15, 0.2) is 11.6 Å². The standard InChI is InChI=1S/C10H17F3/c1-4-6-9(5-2)7-8(3)10(11,12)13/h7,9H,4-6H2,1-3H3/b8-7+. The van der Waals surface area contributed by atoms with Crippen molar-refractivity contribution in [3.63, 3.8) is 0 Å². The van der Waals surface area contributed by atoms with Gasteiger partial charge in [0.1, 0.15) is 0 Å². The van der Waals surface area contributed by atoms with E-state index in [1.165, 1.54) is 6.08 Å². The van der Waals surface area contributed by atoms with Crippen molar-refractivity contribution in [3.8, 4) is 0 Å². The highest BCUT2D eigenvalue weighted by molar-refractivity contribution is 5.07. The van der Waals surface area contributed by atoms with Gasteiger partial charge in [-0.05, 0) is 25.7 Å². The quantitative estimate of drug-likeness (QED) is 0.584. The normalized spacial score (nSPS) is 16.0. The fourth-order valence-corrected chi connectivity index (χ4v) is 1.22. The molecule has 78 valence electrons. The summed E-state index contributed by atoms with van der Waals surface area (Å²) in [7, 11) is 0. The maximum atomic E-state index is 12.1. The van der Waals surface area contributed by atoms with Gasteiger partial charge in [-0.15, -0.1) is 0 Å². The van der Waals surface area contributed by atoms with E-state index in [4.69, 9.17) is 0 Å². The van der Waals surface area contributed by atoms with Gasteiger partial charge in [0.25, 0.3) is 0 Å². The first-order valence-corrected chi connectivity index (χ1v) is 4.67. The molecule has 0 N–H and O–H groups in total. The largest absolute Gasteiger partial charge is 0.412 e. The Morgan fingerprint density at radius 1 is 1.31 bits per heavy atom. The first-order valence-electron chi connectivity index (χ1n) is 4.67. The summed E-state index contributed by atoms with van der Waals surface area (Å²) in [5, 5.41) is 0. The molecule has 0 heterocycles. The lowest BCUT2D eigenvalue weighted by Crippen LogP contribution is -2.10. The Kier molecular flexibility index (Phi) is 5.11. The van der Waals surface area contributed by atoms with E-state index in [0.717, 1.165) is 26.2 Å². The fourth-order valence-electron chi connectivity index (χ4n) is 1.22. The molecule has 0 amide bonds. The first-order chi connectivity index (χ1) is 5.91. The average molecular weight is 194 g/mol. The van der Waals surface area contributed by atoms with E-state index in [9.17, 15) is 13.2 Å². The van der Waals surface area contributed by atoms with Crippen LogP contribution in [0.1, 0.15) is 40.0 Å². The molecule has 1 unspecified atom stereocenters. The smallest absolute Gasteiger partial charge is 0.167 e. The van der Waals surface area contributed by atoms with E-state index in [1.807, 2.05) is 13.8 Å². The Morgan fingerprint density at radius 3 is 2.15 bits per heavy atom. The van der Waals surface area contributed by atoms with Crippen molar-refractivity contribution in [2.45, 2.75) is 46.2 Å². The van der Waals surface area contributed by atoms with Gasteiger partial charge in [0, 0.05) is 5.57 Å². The Morgan fingerprint density at radius 2 is 1.85 bits per heavy atom. The van der Waals surface area contributed by atoms with Crippen molar-refractivity contribution in [2.75, 3.05) is 0 Å². The number of hydrogen-bond donors (Lipinski definition) is 0. The van der Waals surface area contributed by atoms with Crippen LogP contribution >= 0.6 is 0 Å². The number of alkyl halides is 3.